The second-order valence-corrected chi connectivity index (χ2v) is 5.55. The molecular formula is C13H23NS. The van der Waals surface area contributed by atoms with E-state index in [0.29, 0.717) is 17.2 Å². The third-order valence-electron chi connectivity index (χ3n) is 2.96. The third kappa shape index (κ3) is 3.04. The Morgan fingerprint density at radius 1 is 1.47 bits per heavy atom. The molecule has 0 bridgehead atoms. The van der Waals surface area contributed by atoms with E-state index in [-0.39, 0.29) is 0 Å². The second-order valence-electron chi connectivity index (χ2n) is 4.96. The van der Waals surface area contributed by atoms with Crippen molar-refractivity contribution < 1.29 is 0 Å². The van der Waals surface area contributed by atoms with Crippen LogP contribution in [0, 0.1) is 5.92 Å². The van der Waals surface area contributed by atoms with Crippen molar-refractivity contribution in [3.8, 4) is 0 Å². The first-order valence-electron chi connectivity index (χ1n) is 5.74. The van der Waals surface area contributed by atoms with E-state index < -0.39 is 0 Å². The first-order chi connectivity index (χ1) is 6.93. The van der Waals surface area contributed by atoms with E-state index in [1.165, 1.54) is 11.3 Å². The molecule has 0 aromatic carbocycles. The highest BCUT2D eigenvalue weighted by Crippen LogP contribution is 2.25. The molecule has 0 saturated carbocycles. The van der Waals surface area contributed by atoms with Crippen molar-refractivity contribution in [3.05, 3.63) is 23.4 Å². The van der Waals surface area contributed by atoms with Crippen LogP contribution in [0.25, 0.3) is 0 Å². The summed E-state index contributed by atoms with van der Waals surface area (Å²) in [6, 6.07) is 0.556. The molecule has 1 heterocycles. The standard InChI is InChI=1S/C13H23NS/c1-9(2)12-6-7-13(15)11(5)8-14(12)10(3)4/h6-7,10-11,13,15H,8H2,1-5H3. The fraction of sp³-hybridized carbons (Fsp3) is 0.692. The maximum Gasteiger partial charge on any atom is 0.0352 e. The van der Waals surface area contributed by atoms with Crippen molar-refractivity contribution in [2.75, 3.05) is 6.54 Å². The highest BCUT2D eigenvalue weighted by atomic mass is 32.1. The smallest absolute Gasteiger partial charge is 0.0352 e. The second kappa shape index (κ2) is 5.11. The lowest BCUT2D eigenvalue weighted by molar-refractivity contribution is 0.259. The zero-order valence-electron chi connectivity index (χ0n) is 10.5. The zero-order chi connectivity index (χ0) is 11.6. The number of nitrogens with zero attached hydrogens (tertiary/aromatic N) is 1. The molecule has 1 rings (SSSR count). The van der Waals surface area contributed by atoms with E-state index in [1.807, 2.05) is 0 Å². The summed E-state index contributed by atoms with van der Waals surface area (Å²) in [4.78, 5) is 2.48. The monoisotopic (exact) mass is 225 g/mol. The average Bonchev–Trinajstić information content (AvgIpc) is 2.27. The fourth-order valence-electron chi connectivity index (χ4n) is 1.93. The molecule has 0 aromatic rings. The van der Waals surface area contributed by atoms with E-state index in [4.69, 9.17) is 0 Å². The predicted molar refractivity (Wildman–Crippen MR) is 71.3 cm³/mol. The first-order valence-corrected chi connectivity index (χ1v) is 6.25. The summed E-state index contributed by atoms with van der Waals surface area (Å²) in [7, 11) is 0. The minimum Gasteiger partial charge on any atom is -0.369 e. The van der Waals surface area contributed by atoms with E-state index in [1.54, 1.807) is 0 Å². The summed E-state index contributed by atoms with van der Waals surface area (Å²) in [6.45, 7) is 12.2. The van der Waals surface area contributed by atoms with Crippen LogP contribution in [0.2, 0.25) is 0 Å². The molecule has 0 radical (unpaired) electrons. The summed E-state index contributed by atoms with van der Waals surface area (Å²) >= 11 is 4.61. The SMILES string of the molecule is CC(C)=C1C=CC(S)C(C)CN1C(C)C. The van der Waals surface area contributed by atoms with Crippen LogP contribution in [0.15, 0.2) is 23.4 Å². The number of hydrogen-bond donors (Lipinski definition) is 1. The van der Waals surface area contributed by atoms with Crippen LogP contribution in [0.3, 0.4) is 0 Å². The quantitative estimate of drug-likeness (QED) is 0.669. The Bertz CT molecular complexity index is 274. The lowest BCUT2D eigenvalue weighted by atomic mass is 10.1. The molecule has 86 valence electrons. The molecule has 0 aliphatic carbocycles. The average molecular weight is 225 g/mol. The number of allylic oxidation sites excluding steroid dienone is 2. The van der Waals surface area contributed by atoms with Gasteiger partial charge in [0.1, 0.15) is 0 Å². The Morgan fingerprint density at radius 3 is 2.53 bits per heavy atom. The van der Waals surface area contributed by atoms with Gasteiger partial charge >= 0.3 is 0 Å². The number of rotatable bonds is 1. The summed E-state index contributed by atoms with van der Waals surface area (Å²) in [6.07, 6.45) is 4.45. The molecular weight excluding hydrogens is 202 g/mol. The molecule has 0 amide bonds. The lowest BCUT2D eigenvalue weighted by Gasteiger charge is -2.32. The van der Waals surface area contributed by atoms with Crippen LogP contribution in [-0.4, -0.2) is 22.7 Å². The van der Waals surface area contributed by atoms with Gasteiger partial charge in [-0.25, -0.2) is 0 Å². The Labute approximate surface area is 99.6 Å². The van der Waals surface area contributed by atoms with Gasteiger partial charge in [0.15, 0.2) is 0 Å². The molecule has 0 spiro atoms. The zero-order valence-corrected chi connectivity index (χ0v) is 11.4. The normalized spacial score (nSPS) is 27.1. The summed E-state index contributed by atoms with van der Waals surface area (Å²) in [5.74, 6) is 0.601. The summed E-state index contributed by atoms with van der Waals surface area (Å²) < 4.78 is 0. The predicted octanol–water partition coefficient (Wildman–Crippen LogP) is 3.50. The van der Waals surface area contributed by atoms with Gasteiger partial charge in [0.2, 0.25) is 0 Å². The number of thiol groups is 1. The first kappa shape index (κ1) is 12.7. The van der Waals surface area contributed by atoms with Crippen LogP contribution in [0.4, 0.5) is 0 Å². The van der Waals surface area contributed by atoms with Gasteiger partial charge in [-0.2, -0.15) is 12.6 Å². The van der Waals surface area contributed by atoms with E-state index in [0.717, 1.165) is 6.54 Å². The van der Waals surface area contributed by atoms with Crippen molar-refractivity contribution in [3.63, 3.8) is 0 Å². The molecule has 2 unspecified atom stereocenters. The van der Waals surface area contributed by atoms with E-state index in [9.17, 15) is 0 Å². The van der Waals surface area contributed by atoms with Crippen molar-refractivity contribution in [2.45, 2.75) is 45.9 Å². The van der Waals surface area contributed by atoms with Crippen LogP contribution in [-0.2, 0) is 0 Å². The van der Waals surface area contributed by atoms with Crippen LogP contribution >= 0.6 is 12.6 Å². The lowest BCUT2D eigenvalue weighted by Crippen LogP contribution is -2.34. The summed E-state index contributed by atoms with van der Waals surface area (Å²) in [5.41, 5.74) is 2.75. The maximum atomic E-state index is 4.61. The Hall–Kier alpha value is -0.370. The highest BCUT2D eigenvalue weighted by Gasteiger charge is 2.22. The molecule has 1 nitrogen and oxygen atoms in total. The third-order valence-corrected chi connectivity index (χ3v) is 3.65. The van der Waals surface area contributed by atoms with Gasteiger partial charge < -0.3 is 4.90 Å². The minimum absolute atomic E-state index is 0.378. The highest BCUT2D eigenvalue weighted by molar-refractivity contribution is 7.81. The van der Waals surface area contributed by atoms with Gasteiger partial charge in [-0.1, -0.05) is 18.6 Å². The molecule has 2 heteroatoms. The Morgan fingerprint density at radius 2 is 2.07 bits per heavy atom. The largest absolute Gasteiger partial charge is 0.369 e. The molecule has 0 saturated heterocycles. The van der Waals surface area contributed by atoms with Gasteiger partial charge in [-0.15, -0.1) is 0 Å². The topological polar surface area (TPSA) is 3.24 Å². The number of hydrogen-bond acceptors (Lipinski definition) is 2. The van der Waals surface area contributed by atoms with Gasteiger partial charge in [0.05, 0.1) is 0 Å². The van der Waals surface area contributed by atoms with Crippen molar-refractivity contribution in [2.24, 2.45) is 5.92 Å². The molecule has 1 aliphatic heterocycles. The molecule has 15 heavy (non-hydrogen) atoms. The van der Waals surface area contributed by atoms with Crippen LogP contribution in [0.5, 0.6) is 0 Å². The van der Waals surface area contributed by atoms with Crippen molar-refractivity contribution in [1.29, 1.82) is 0 Å². The van der Waals surface area contributed by atoms with Gasteiger partial charge in [0.25, 0.3) is 0 Å². The molecule has 0 aromatic heterocycles. The molecule has 1 aliphatic rings. The molecule has 2 atom stereocenters. The van der Waals surface area contributed by atoms with Crippen molar-refractivity contribution in [1.82, 2.24) is 4.90 Å². The fourth-order valence-corrected chi connectivity index (χ4v) is 2.11. The summed E-state index contributed by atoms with van der Waals surface area (Å²) in [5, 5.41) is 0.378. The van der Waals surface area contributed by atoms with Gasteiger partial charge in [0, 0.05) is 23.5 Å². The van der Waals surface area contributed by atoms with Crippen LogP contribution < -0.4 is 0 Å². The van der Waals surface area contributed by atoms with E-state index in [2.05, 4.69) is 64.3 Å². The molecule has 0 N–H and O–H groups in total. The maximum absolute atomic E-state index is 4.61. The molecule has 0 fully saturated rings. The minimum atomic E-state index is 0.378. The Balaban J connectivity index is 3.03. The van der Waals surface area contributed by atoms with E-state index >= 15 is 0 Å². The Kier molecular flexibility index (Phi) is 4.32. The van der Waals surface area contributed by atoms with Gasteiger partial charge in [-0.05, 0) is 39.7 Å². The van der Waals surface area contributed by atoms with Gasteiger partial charge in [-0.3, -0.25) is 0 Å². The van der Waals surface area contributed by atoms with Crippen molar-refractivity contribution >= 4 is 12.6 Å². The van der Waals surface area contributed by atoms with Crippen LogP contribution in [0.1, 0.15) is 34.6 Å².